The first-order valence-corrected chi connectivity index (χ1v) is 9.87. The van der Waals surface area contributed by atoms with Gasteiger partial charge in [0.25, 0.3) is 5.91 Å². The Labute approximate surface area is 156 Å². The van der Waals surface area contributed by atoms with Crippen LogP contribution in [0.15, 0.2) is 24.3 Å². The Kier molecular flexibility index (Phi) is 4.54. The number of ether oxygens (including phenoxy) is 1. The van der Waals surface area contributed by atoms with E-state index in [0.717, 1.165) is 40.6 Å². The maximum absolute atomic E-state index is 12.6. The van der Waals surface area contributed by atoms with Crippen LogP contribution in [0.1, 0.15) is 47.8 Å². The summed E-state index contributed by atoms with van der Waals surface area (Å²) < 4.78 is 5.56. The first kappa shape index (κ1) is 17.2. The van der Waals surface area contributed by atoms with Gasteiger partial charge < -0.3 is 15.8 Å². The predicted octanol–water partition coefficient (Wildman–Crippen LogP) is 4.06. The molecule has 5 nitrogen and oxygen atoms in total. The molecule has 0 spiro atoms. The van der Waals surface area contributed by atoms with Crippen molar-refractivity contribution in [3.05, 3.63) is 34.7 Å². The van der Waals surface area contributed by atoms with Crippen LogP contribution in [0.5, 0.6) is 0 Å². The molecule has 3 aromatic rings. The van der Waals surface area contributed by atoms with Crippen LogP contribution >= 0.6 is 11.3 Å². The molecule has 0 radical (unpaired) electrons. The first-order valence-electron chi connectivity index (χ1n) is 9.05. The van der Waals surface area contributed by atoms with Crippen molar-refractivity contribution in [2.75, 3.05) is 18.9 Å². The van der Waals surface area contributed by atoms with Crippen molar-refractivity contribution < 1.29 is 9.53 Å². The van der Waals surface area contributed by atoms with Crippen LogP contribution in [0.4, 0.5) is 5.69 Å². The zero-order chi connectivity index (χ0) is 18.3. The summed E-state index contributed by atoms with van der Waals surface area (Å²) in [4.78, 5) is 18.6. The molecule has 3 N–H and O–H groups in total. The topological polar surface area (TPSA) is 77.2 Å². The van der Waals surface area contributed by atoms with Gasteiger partial charge in [-0.1, -0.05) is 19.9 Å². The van der Waals surface area contributed by atoms with Gasteiger partial charge in [-0.05, 0) is 42.5 Å². The van der Waals surface area contributed by atoms with E-state index in [1.165, 1.54) is 16.9 Å². The van der Waals surface area contributed by atoms with Crippen molar-refractivity contribution >= 4 is 44.1 Å². The van der Waals surface area contributed by atoms with Gasteiger partial charge >= 0.3 is 0 Å². The third-order valence-electron chi connectivity index (χ3n) is 4.92. The van der Waals surface area contributed by atoms with E-state index in [9.17, 15) is 4.79 Å². The van der Waals surface area contributed by atoms with E-state index < -0.39 is 0 Å². The van der Waals surface area contributed by atoms with E-state index in [0.29, 0.717) is 23.0 Å². The number of fused-ring (bicyclic) bond motifs is 2. The maximum atomic E-state index is 12.6. The molecule has 136 valence electrons. The molecule has 26 heavy (non-hydrogen) atoms. The Hall–Kier alpha value is -2.18. The number of carbonyl (C=O) groups is 1. The number of nitrogens with zero attached hydrogens (tertiary/aromatic N) is 1. The van der Waals surface area contributed by atoms with Crippen molar-refractivity contribution in [1.29, 1.82) is 0 Å². The van der Waals surface area contributed by atoms with Gasteiger partial charge in [0, 0.05) is 23.9 Å². The number of rotatable bonds is 4. The van der Waals surface area contributed by atoms with Crippen LogP contribution < -0.4 is 11.1 Å². The molecule has 0 bridgehead atoms. The average Bonchev–Trinajstić information content (AvgIpc) is 3.26. The standard InChI is InChI=1S/C20H23N3O2S/c1-11(2)12-5-6-16-13(8-12)9-15-17(21)18(26-20(15)23-16)19(24)22-10-14-4-3-7-25-14/h5-6,8-9,11,14H,3-4,7,10,21H2,1-2H3,(H,22,24)/t14-/m0/s1. The lowest BCUT2D eigenvalue weighted by atomic mass is 10.0. The summed E-state index contributed by atoms with van der Waals surface area (Å²) in [7, 11) is 0. The average molecular weight is 369 g/mol. The minimum atomic E-state index is -0.145. The minimum absolute atomic E-state index is 0.115. The maximum Gasteiger partial charge on any atom is 0.263 e. The van der Waals surface area contributed by atoms with Crippen molar-refractivity contribution in [1.82, 2.24) is 10.3 Å². The molecule has 1 atom stereocenters. The molecule has 0 unspecified atom stereocenters. The van der Waals surface area contributed by atoms with Gasteiger partial charge in [-0.15, -0.1) is 11.3 Å². The van der Waals surface area contributed by atoms with Gasteiger partial charge in [-0.25, -0.2) is 4.98 Å². The molecule has 6 heteroatoms. The predicted molar refractivity (Wildman–Crippen MR) is 107 cm³/mol. The van der Waals surface area contributed by atoms with Gasteiger partial charge in [0.1, 0.15) is 9.71 Å². The highest BCUT2D eigenvalue weighted by Gasteiger charge is 2.21. The van der Waals surface area contributed by atoms with Gasteiger partial charge in [0.05, 0.1) is 17.3 Å². The Bertz CT molecular complexity index is 974. The Balaban J connectivity index is 1.66. The van der Waals surface area contributed by atoms with Crippen molar-refractivity contribution in [2.24, 2.45) is 0 Å². The summed E-state index contributed by atoms with van der Waals surface area (Å²) in [5.41, 5.74) is 9.00. The Morgan fingerprint density at radius 2 is 2.27 bits per heavy atom. The number of aromatic nitrogens is 1. The van der Waals surface area contributed by atoms with Crippen LogP contribution in [-0.4, -0.2) is 30.1 Å². The normalized spacial score (nSPS) is 17.4. The molecule has 1 aromatic carbocycles. The number of anilines is 1. The van der Waals surface area contributed by atoms with Crippen LogP contribution in [-0.2, 0) is 4.74 Å². The van der Waals surface area contributed by atoms with Crippen LogP contribution in [0.2, 0.25) is 0 Å². The fraction of sp³-hybridized carbons (Fsp3) is 0.400. The highest BCUT2D eigenvalue weighted by Crippen LogP contribution is 2.35. The minimum Gasteiger partial charge on any atom is -0.397 e. The van der Waals surface area contributed by atoms with Crippen molar-refractivity contribution in [2.45, 2.75) is 38.7 Å². The quantitative estimate of drug-likeness (QED) is 0.727. The third kappa shape index (κ3) is 3.15. The molecule has 1 saturated heterocycles. The monoisotopic (exact) mass is 369 g/mol. The number of amides is 1. The Morgan fingerprint density at radius 1 is 1.42 bits per heavy atom. The van der Waals surface area contributed by atoms with Crippen LogP contribution in [0.25, 0.3) is 21.1 Å². The van der Waals surface area contributed by atoms with Gasteiger partial charge in [0.15, 0.2) is 0 Å². The molecule has 4 rings (SSSR count). The molecule has 0 aliphatic carbocycles. The van der Waals surface area contributed by atoms with Gasteiger partial charge in [0.2, 0.25) is 0 Å². The largest absolute Gasteiger partial charge is 0.397 e. The number of carbonyl (C=O) groups excluding carboxylic acids is 1. The molecule has 1 fully saturated rings. The summed E-state index contributed by atoms with van der Waals surface area (Å²) in [5, 5.41) is 4.85. The van der Waals surface area contributed by atoms with Crippen molar-refractivity contribution in [3.8, 4) is 0 Å². The van der Waals surface area contributed by atoms with Crippen molar-refractivity contribution in [3.63, 3.8) is 0 Å². The van der Waals surface area contributed by atoms with E-state index in [-0.39, 0.29) is 12.0 Å². The molecule has 2 aromatic heterocycles. The lowest BCUT2D eigenvalue weighted by Crippen LogP contribution is -2.31. The lowest BCUT2D eigenvalue weighted by Gasteiger charge is -2.10. The zero-order valence-corrected chi connectivity index (χ0v) is 15.9. The zero-order valence-electron chi connectivity index (χ0n) is 15.0. The molecular weight excluding hydrogens is 346 g/mol. The number of thiophene rings is 1. The van der Waals surface area contributed by atoms with E-state index in [1.807, 2.05) is 12.1 Å². The number of hydrogen-bond donors (Lipinski definition) is 2. The van der Waals surface area contributed by atoms with Crippen LogP contribution in [0, 0.1) is 0 Å². The molecular formula is C20H23N3O2S. The van der Waals surface area contributed by atoms with E-state index in [2.05, 4.69) is 31.3 Å². The smallest absolute Gasteiger partial charge is 0.263 e. The van der Waals surface area contributed by atoms with E-state index >= 15 is 0 Å². The summed E-state index contributed by atoms with van der Waals surface area (Å²) in [5.74, 6) is 0.307. The second-order valence-electron chi connectivity index (χ2n) is 7.14. The Morgan fingerprint density at radius 3 is 3.00 bits per heavy atom. The lowest BCUT2D eigenvalue weighted by molar-refractivity contribution is 0.0862. The summed E-state index contributed by atoms with van der Waals surface area (Å²) >= 11 is 1.35. The second-order valence-corrected chi connectivity index (χ2v) is 8.14. The van der Waals surface area contributed by atoms with Gasteiger partial charge in [-0.2, -0.15) is 0 Å². The number of nitrogens with two attached hydrogens (primary N) is 1. The fourth-order valence-corrected chi connectivity index (χ4v) is 4.34. The number of hydrogen-bond acceptors (Lipinski definition) is 5. The fourth-order valence-electron chi connectivity index (χ4n) is 3.34. The molecule has 0 saturated carbocycles. The van der Waals surface area contributed by atoms with E-state index in [4.69, 9.17) is 15.5 Å². The highest BCUT2D eigenvalue weighted by atomic mass is 32.1. The molecule has 1 aliphatic rings. The van der Waals surface area contributed by atoms with Crippen LogP contribution in [0.3, 0.4) is 0 Å². The second kappa shape index (κ2) is 6.85. The third-order valence-corrected chi connectivity index (χ3v) is 6.04. The number of benzene rings is 1. The van der Waals surface area contributed by atoms with E-state index in [1.54, 1.807) is 0 Å². The van der Waals surface area contributed by atoms with Gasteiger partial charge in [-0.3, -0.25) is 4.79 Å². The number of pyridine rings is 1. The molecule has 3 heterocycles. The summed E-state index contributed by atoms with van der Waals surface area (Å²) in [6, 6.07) is 8.35. The summed E-state index contributed by atoms with van der Waals surface area (Å²) in [6.07, 6.45) is 2.16. The number of nitrogens with one attached hydrogen (secondary N) is 1. The SMILES string of the molecule is CC(C)c1ccc2nc3sc(C(=O)NC[C@@H]4CCCO4)c(N)c3cc2c1. The molecule has 1 amide bonds. The number of nitrogen functional groups attached to an aromatic ring is 1. The summed E-state index contributed by atoms with van der Waals surface area (Å²) in [6.45, 7) is 5.64. The highest BCUT2D eigenvalue weighted by molar-refractivity contribution is 7.21. The first-order chi connectivity index (χ1) is 12.5. The molecule has 1 aliphatic heterocycles.